The van der Waals surface area contributed by atoms with Gasteiger partial charge in [-0.2, -0.15) is 0 Å². The lowest BCUT2D eigenvalue weighted by Crippen LogP contribution is -2.15. The molecule has 0 fully saturated rings. The van der Waals surface area contributed by atoms with Crippen molar-refractivity contribution in [1.29, 1.82) is 0 Å². The van der Waals surface area contributed by atoms with Gasteiger partial charge in [-0.15, -0.1) is 0 Å². The summed E-state index contributed by atoms with van der Waals surface area (Å²) in [6.45, 7) is 6.88. The Kier molecular flexibility index (Phi) is 6.78. The van der Waals surface area contributed by atoms with Gasteiger partial charge in [0.2, 0.25) is 0 Å². The molecule has 0 aliphatic heterocycles. The van der Waals surface area contributed by atoms with E-state index >= 15 is 0 Å². The van der Waals surface area contributed by atoms with E-state index in [0.29, 0.717) is 0 Å². The van der Waals surface area contributed by atoms with Crippen LogP contribution < -0.4 is 4.90 Å². The maximum atomic E-state index is 2.47. The predicted octanol–water partition coefficient (Wildman–Crippen LogP) is 14.1. The van der Waals surface area contributed by atoms with E-state index in [-0.39, 0.29) is 5.41 Å². The summed E-state index contributed by atoms with van der Waals surface area (Å²) in [7, 11) is 0. The molecular formula is C50H38N2. The first-order valence-corrected chi connectivity index (χ1v) is 18.2. The van der Waals surface area contributed by atoms with E-state index in [1.165, 1.54) is 76.5 Å². The molecule has 2 nitrogen and oxygen atoms in total. The molecule has 0 bridgehead atoms. The van der Waals surface area contributed by atoms with Crippen LogP contribution in [0.2, 0.25) is 0 Å². The van der Waals surface area contributed by atoms with Crippen LogP contribution in [0.15, 0.2) is 176 Å². The lowest BCUT2D eigenvalue weighted by atomic mass is 9.84. The van der Waals surface area contributed by atoms with E-state index in [0.717, 1.165) is 17.1 Å². The maximum Gasteiger partial charge on any atom is 0.0541 e. The summed E-state index contributed by atoms with van der Waals surface area (Å²) in [4.78, 5) is 2.47. The van der Waals surface area contributed by atoms with Crippen molar-refractivity contribution in [3.8, 4) is 16.8 Å². The molecule has 0 spiro atoms. The van der Waals surface area contributed by atoms with Gasteiger partial charge in [0.25, 0.3) is 0 Å². The minimum atomic E-state index is 0.0146. The Morgan fingerprint density at radius 3 is 1.65 bits per heavy atom. The quantitative estimate of drug-likeness (QED) is 0.166. The van der Waals surface area contributed by atoms with Crippen LogP contribution in [-0.2, 0) is 5.41 Å². The molecule has 9 aromatic carbocycles. The topological polar surface area (TPSA) is 8.17 Å². The first-order chi connectivity index (χ1) is 25.5. The van der Waals surface area contributed by atoms with Crippen molar-refractivity contribution in [3.63, 3.8) is 0 Å². The summed E-state index contributed by atoms with van der Waals surface area (Å²) >= 11 is 0. The van der Waals surface area contributed by atoms with Crippen molar-refractivity contribution >= 4 is 71.2 Å². The number of hydrogen-bond donors (Lipinski definition) is 0. The third-order valence-corrected chi connectivity index (χ3v) is 10.9. The lowest BCUT2D eigenvalue weighted by Gasteiger charge is -2.31. The first kappa shape index (κ1) is 30.4. The minimum Gasteiger partial charge on any atom is -0.309 e. The van der Waals surface area contributed by atoms with E-state index in [9.17, 15) is 0 Å². The highest BCUT2D eigenvalue weighted by Crippen LogP contribution is 2.48. The van der Waals surface area contributed by atoms with Gasteiger partial charge in [0, 0.05) is 32.8 Å². The van der Waals surface area contributed by atoms with Crippen LogP contribution in [0.25, 0.3) is 70.9 Å². The fourth-order valence-corrected chi connectivity index (χ4v) is 8.37. The average Bonchev–Trinajstić information content (AvgIpc) is 3.52. The Labute approximate surface area is 304 Å². The first-order valence-electron chi connectivity index (χ1n) is 18.2. The Morgan fingerprint density at radius 2 is 0.981 bits per heavy atom. The van der Waals surface area contributed by atoms with Gasteiger partial charge in [-0.25, -0.2) is 0 Å². The number of hydrogen-bond acceptors (Lipinski definition) is 1. The Morgan fingerprint density at radius 1 is 0.442 bits per heavy atom. The zero-order valence-electron chi connectivity index (χ0n) is 29.6. The van der Waals surface area contributed by atoms with Gasteiger partial charge >= 0.3 is 0 Å². The van der Waals surface area contributed by atoms with Crippen LogP contribution >= 0.6 is 0 Å². The number of fused-ring (bicyclic) bond motifs is 3. The fourth-order valence-electron chi connectivity index (χ4n) is 8.37. The second kappa shape index (κ2) is 11.6. The van der Waals surface area contributed by atoms with Crippen LogP contribution in [0.5, 0.6) is 0 Å². The molecule has 2 heteroatoms. The van der Waals surface area contributed by atoms with E-state index in [1.807, 2.05) is 0 Å². The Hall–Kier alpha value is -6.38. The van der Waals surface area contributed by atoms with Crippen LogP contribution in [0.3, 0.4) is 0 Å². The molecule has 10 rings (SSSR count). The molecule has 0 radical (unpaired) electrons. The summed E-state index contributed by atoms with van der Waals surface area (Å²) in [5.74, 6) is 0. The van der Waals surface area contributed by atoms with E-state index in [1.54, 1.807) is 0 Å². The van der Waals surface area contributed by atoms with Crippen LogP contribution in [0.4, 0.5) is 17.1 Å². The molecule has 0 N–H and O–H groups in total. The van der Waals surface area contributed by atoms with E-state index in [4.69, 9.17) is 0 Å². The molecule has 0 aliphatic carbocycles. The summed E-state index contributed by atoms with van der Waals surface area (Å²) in [5, 5.41) is 10.1. The lowest BCUT2D eigenvalue weighted by molar-refractivity contribution is 0.590. The third-order valence-electron chi connectivity index (χ3n) is 10.9. The molecule has 52 heavy (non-hydrogen) atoms. The number of rotatable bonds is 5. The summed E-state index contributed by atoms with van der Waals surface area (Å²) in [5.41, 5.74) is 10.9. The van der Waals surface area contributed by atoms with Gasteiger partial charge in [0.1, 0.15) is 0 Å². The largest absolute Gasteiger partial charge is 0.309 e. The van der Waals surface area contributed by atoms with Gasteiger partial charge in [0.15, 0.2) is 0 Å². The molecule has 0 unspecified atom stereocenters. The second-order valence-electron chi connectivity index (χ2n) is 15.0. The summed E-state index contributed by atoms with van der Waals surface area (Å²) in [6.07, 6.45) is 0. The number of aromatic nitrogens is 1. The molecule has 0 amide bonds. The molecular weight excluding hydrogens is 629 g/mol. The zero-order valence-corrected chi connectivity index (χ0v) is 29.6. The normalized spacial score (nSPS) is 12.1. The van der Waals surface area contributed by atoms with Crippen LogP contribution in [0, 0.1) is 0 Å². The summed E-state index contributed by atoms with van der Waals surface area (Å²) in [6, 6.07) is 64.8. The smallest absolute Gasteiger partial charge is 0.0541 e. The molecule has 0 saturated heterocycles. The maximum absolute atomic E-state index is 2.47. The monoisotopic (exact) mass is 666 g/mol. The number of para-hydroxylation sites is 3. The van der Waals surface area contributed by atoms with E-state index < -0.39 is 0 Å². The van der Waals surface area contributed by atoms with Gasteiger partial charge in [-0.1, -0.05) is 148 Å². The minimum absolute atomic E-state index is 0.0146. The van der Waals surface area contributed by atoms with Crippen molar-refractivity contribution in [2.24, 2.45) is 0 Å². The fraction of sp³-hybridized carbons (Fsp3) is 0.0800. The molecule has 0 atom stereocenters. The molecule has 10 aromatic rings. The highest BCUT2D eigenvalue weighted by atomic mass is 15.1. The van der Waals surface area contributed by atoms with Crippen molar-refractivity contribution in [3.05, 3.63) is 181 Å². The van der Waals surface area contributed by atoms with Gasteiger partial charge in [-0.05, 0) is 86.6 Å². The third kappa shape index (κ3) is 4.64. The number of anilines is 3. The molecule has 1 heterocycles. The van der Waals surface area contributed by atoms with Crippen LogP contribution in [-0.4, -0.2) is 4.57 Å². The molecule has 248 valence electrons. The molecule has 0 saturated carbocycles. The molecule has 1 aromatic heterocycles. The highest BCUT2D eigenvalue weighted by molar-refractivity contribution is 6.27. The molecule has 0 aliphatic rings. The van der Waals surface area contributed by atoms with E-state index in [2.05, 4.69) is 206 Å². The second-order valence-corrected chi connectivity index (χ2v) is 15.0. The van der Waals surface area contributed by atoms with Crippen molar-refractivity contribution in [2.45, 2.75) is 26.2 Å². The average molecular weight is 667 g/mol. The van der Waals surface area contributed by atoms with Gasteiger partial charge in [0.05, 0.1) is 28.1 Å². The Bertz CT molecular complexity index is 2870. The van der Waals surface area contributed by atoms with Crippen molar-refractivity contribution in [2.75, 3.05) is 4.90 Å². The SMILES string of the molecule is CC(C)(C)c1ccc(N(c2ccccc2)c2ccc3ccc4c(-n5c6ccccc6c6ccccc65)ccc5ccc2c3c54)c(-c2ccccc2)c1. The van der Waals surface area contributed by atoms with Crippen molar-refractivity contribution < 1.29 is 0 Å². The highest BCUT2D eigenvalue weighted by Gasteiger charge is 2.24. The van der Waals surface area contributed by atoms with Gasteiger partial charge in [-0.3, -0.25) is 0 Å². The number of nitrogens with zero attached hydrogens (tertiary/aromatic N) is 2. The predicted molar refractivity (Wildman–Crippen MR) is 223 cm³/mol. The van der Waals surface area contributed by atoms with Crippen molar-refractivity contribution in [1.82, 2.24) is 4.57 Å². The van der Waals surface area contributed by atoms with Gasteiger partial charge < -0.3 is 9.47 Å². The number of benzene rings is 9. The summed E-state index contributed by atoms with van der Waals surface area (Å²) < 4.78 is 2.46. The van der Waals surface area contributed by atoms with Crippen LogP contribution in [0.1, 0.15) is 26.3 Å². The Balaban J connectivity index is 1.27. The zero-order chi connectivity index (χ0) is 35.0. The standard InChI is InChI=1S/C50H38N2/c1-50(2,3)36-26-31-47(42(32-36)33-14-6-4-7-15-33)51(37-16-8-5-9-17-37)45-29-24-34-23-28-41-46(30-25-35-22-27-40(45)48(34)49(35)41)52-43-20-12-10-18-38(43)39-19-11-13-21-44(39)52/h4-32H,1-3H3.